The molecule has 0 aliphatic carbocycles. The van der Waals surface area contributed by atoms with Gasteiger partial charge < -0.3 is 20.6 Å². The third-order valence-corrected chi connectivity index (χ3v) is 6.51. The van der Waals surface area contributed by atoms with E-state index in [1.54, 1.807) is 12.3 Å². The minimum absolute atomic E-state index is 0.0239. The van der Waals surface area contributed by atoms with Crippen molar-refractivity contribution in [2.75, 3.05) is 61.9 Å². The summed E-state index contributed by atoms with van der Waals surface area (Å²) in [7, 11) is 1.86. The lowest BCUT2D eigenvalue weighted by molar-refractivity contribution is 0.188. The zero-order chi connectivity index (χ0) is 25.1. The fourth-order valence-electron chi connectivity index (χ4n) is 4.55. The van der Waals surface area contributed by atoms with Crippen LogP contribution in [0.1, 0.15) is 0 Å². The number of aromatic nitrogens is 2. The molecule has 7 nitrogen and oxygen atoms in total. The van der Waals surface area contributed by atoms with Crippen LogP contribution in [-0.2, 0) is 0 Å². The van der Waals surface area contributed by atoms with Crippen molar-refractivity contribution in [3.63, 3.8) is 0 Å². The number of nitrogens with one attached hydrogen (secondary N) is 2. The molecule has 5 rings (SSSR count). The molecule has 3 N–H and O–H groups in total. The summed E-state index contributed by atoms with van der Waals surface area (Å²) in [6, 6.07) is 16.9. The van der Waals surface area contributed by atoms with Crippen LogP contribution in [0.2, 0.25) is 0 Å². The third-order valence-electron chi connectivity index (χ3n) is 6.51. The maximum absolute atomic E-state index is 15.1. The zero-order valence-electron chi connectivity index (χ0n) is 20.0. The van der Waals surface area contributed by atoms with E-state index in [1.165, 1.54) is 6.07 Å². The first kappa shape index (κ1) is 23.9. The summed E-state index contributed by atoms with van der Waals surface area (Å²) >= 11 is 0. The highest BCUT2D eigenvalue weighted by atomic mass is 19.2. The molecule has 3 aromatic carbocycles. The van der Waals surface area contributed by atoms with Crippen molar-refractivity contribution in [2.45, 2.75) is 0 Å². The average molecular weight is 491 g/mol. The van der Waals surface area contributed by atoms with Gasteiger partial charge in [-0.25, -0.2) is 18.7 Å². The van der Waals surface area contributed by atoms with Crippen LogP contribution >= 0.6 is 0 Å². The number of aliphatic hydroxyl groups excluding tert-OH is 1. The van der Waals surface area contributed by atoms with E-state index < -0.39 is 11.6 Å². The van der Waals surface area contributed by atoms with E-state index in [4.69, 9.17) is 5.11 Å². The van der Waals surface area contributed by atoms with Gasteiger partial charge in [0.05, 0.1) is 23.5 Å². The summed E-state index contributed by atoms with van der Waals surface area (Å²) in [5, 5.41) is 15.9. The molecule has 4 aromatic rings. The molecule has 0 atom stereocenters. The molecule has 2 heterocycles. The van der Waals surface area contributed by atoms with Gasteiger partial charge in [-0.1, -0.05) is 30.3 Å². The highest BCUT2D eigenvalue weighted by Crippen LogP contribution is 2.32. The molecule has 0 unspecified atom stereocenters. The van der Waals surface area contributed by atoms with Crippen molar-refractivity contribution in [3.05, 3.63) is 72.4 Å². The second-order valence-electron chi connectivity index (χ2n) is 8.71. The van der Waals surface area contributed by atoms with E-state index in [9.17, 15) is 0 Å². The first-order chi connectivity index (χ1) is 17.6. The van der Waals surface area contributed by atoms with Gasteiger partial charge >= 0.3 is 0 Å². The number of para-hydroxylation sites is 1. The molecule has 0 saturated carbocycles. The van der Waals surface area contributed by atoms with Crippen molar-refractivity contribution in [3.8, 4) is 11.1 Å². The Kier molecular flexibility index (Phi) is 6.92. The number of hydrogen-bond acceptors (Lipinski definition) is 7. The van der Waals surface area contributed by atoms with Crippen molar-refractivity contribution in [1.82, 2.24) is 14.9 Å². The van der Waals surface area contributed by atoms with Gasteiger partial charge in [0.15, 0.2) is 11.6 Å². The fraction of sp³-hybridized carbons (Fsp3) is 0.259. The van der Waals surface area contributed by atoms with Crippen molar-refractivity contribution < 1.29 is 13.9 Å². The number of nitrogens with zero attached hydrogens (tertiary/aromatic N) is 4. The third kappa shape index (κ3) is 4.80. The Labute approximate surface area is 208 Å². The molecule has 1 fully saturated rings. The number of aliphatic hydroxyl groups is 1. The lowest BCUT2D eigenvalue weighted by Crippen LogP contribution is -2.47. The van der Waals surface area contributed by atoms with Gasteiger partial charge in [0, 0.05) is 62.6 Å². The Morgan fingerprint density at radius 3 is 2.56 bits per heavy atom. The maximum atomic E-state index is 15.1. The summed E-state index contributed by atoms with van der Waals surface area (Å²) < 4.78 is 30.1. The van der Waals surface area contributed by atoms with Crippen molar-refractivity contribution in [2.24, 2.45) is 0 Å². The molecule has 36 heavy (non-hydrogen) atoms. The zero-order valence-corrected chi connectivity index (χ0v) is 20.0. The Morgan fingerprint density at radius 1 is 0.972 bits per heavy atom. The van der Waals surface area contributed by atoms with Crippen LogP contribution in [0.3, 0.4) is 0 Å². The van der Waals surface area contributed by atoms with Gasteiger partial charge in [-0.3, -0.25) is 4.90 Å². The topological polar surface area (TPSA) is 76.6 Å². The number of piperazine rings is 1. The monoisotopic (exact) mass is 490 g/mol. The first-order valence-corrected chi connectivity index (χ1v) is 11.9. The van der Waals surface area contributed by atoms with E-state index in [1.807, 2.05) is 54.4 Å². The molecule has 0 bridgehead atoms. The van der Waals surface area contributed by atoms with E-state index in [2.05, 4.69) is 25.5 Å². The smallest absolute Gasteiger partial charge is 0.227 e. The quantitative estimate of drug-likeness (QED) is 0.353. The van der Waals surface area contributed by atoms with Crippen LogP contribution < -0.4 is 15.5 Å². The Hall–Kier alpha value is -3.82. The summed E-state index contributed by atoms with van der Waals surface area (Å²) in [5.74, 6) is -1.69. The van der Waals surface area contributed by atoms with Gasteiger partial charge in [0.25, 0.3) is 0 Å². The number of rotatable bonds is 7. The molecule has 0 spiro atoms. The van der Waals surface area contributed by atoms with Gasteiger partial charge in [-0.15, -0.1) is 0 Å². The van der Waals surface area contributed by atoms with E-state index in [0.717, 1.165) is 22.2 Å². The molecule has 186 valence electrons. The normalized spacial score (nSPS) is 14.3. The highest BCUT2D eigenvalue weighted by molar-refractivity contribution is 5.94. The molecular formula is C27H28F2N6O. The number of anilines is 4. The van der Waals surface area contributed by atoms with Crippen LogP contribution in [0.25, 0.3) is 22.0 Å². The number of benzene rings is 3. The van der Waals surface area contributed by atoms with Crippen LogP contribution in [0.15, 0.2) is 60.8 Å². The van der Waals surface area contributed by atoms with Gasteiger partial charge in [0.1, 0.15) is 0 Å². The first-order valence-electron chi connectivity index (χ1n) is 11.9. The van der Waals surface area contributed by atoms with Crippen LogP contribution in [0, 0.1) is 11.6 Å². The second kappa shape index (κ2) is 10.4. The molecule has 9 heteroatoms. The SMILES string of the molecule is CNc1cccc(-c2cccc3cnc(Nc4ccc(N5CCN(CCO)CC5)c(F)c4F)nc23)c1. The number of fused-ring (bicyclic) bond motifs is 1. The molecule has 0 radical (unpaired) electrons. The summed E-state index contributed by atoms with van der Waals surface area (Å²) in [5.41, 5.74) is 3.79. The van der Waals surface area contributed by atoms with Gasteiger partial charge in [-0.05, 0) is 29.8 Å². The van der Waals surface area contributed by atoms with Crippen molar-refractivity contribution in [1.29, 1.82) is 0 Å². The van der Waals surface area contributed by atoms with Crippen molar-refractivity contribution >= 4 is 33.9 Å². The van der Waals surface area contributed by atoms with E-state index in [-0.39, 0.29) is 23.9 Å². The molecule has 1 saturated heterocycles. The summed E-state index contributed by atoms with van der Waals surface area (Å²) in [4.78, 5) is 12.9. The largest absolute Gasteiger partial charge is 0.395 e. The lowest BCUT2D eigenvalue weighted by atomic mass is 10.0. The number of halogens is 2. The Bertz CT molecular complexity index is 1370. The molecule has 0 amide bonds. The molecule has 1 aliphatic rings. The van der Waals surface area contributed by atoms with E-state index >= 15 is 8.78 Å². The number of hydrogen-bond donors (Lipinski definition) is 3. The maximum Gasteiger partial charge on any atom is 0.227 e. The average Bonchev–Trinajstić information content (AvgIpc) is 2.92. The molecular weight excluding hydrogens is 462 g/mol. The summed E-state index contributed by atoms with van der Waals surface area (Å²) in [6.45, 7) is 3.17. The summed E-state index contributed by atoms with van der Waals surface area (Å²) in [6.07, 6.45) is 1.67. The second-order valence-corrected chi connectivity index (χ2v) is 8.71. The minimum atomic E-state index is -0.969. The predicted octanol–water partition coefficient (Wildman–Crippen LogP) is 4.47. The van der Waals surface area contributed by atoms with Crippen LogP contribution in [0.4, 0.5) is 31.8 Å². The number of β-amino-alcohol motifs (C(OH)–C–C–N with tert-alkyl or cyclic N) is 1. The van der Waals surface area contributed by atoms with Crippen LogP contribution in [0.5, 0.6) is 0 Å². The fourth-order valence-corrected chi connectivity index (χ4v) is 4.55. The minimum Gasteiger partial charge on any atom is -0.395 e. The standard InChI is InChI=1S/C27H28F2N6O/c1-30-20-6-2-4-18(16-20)21-7-3-5-19-17-31-27(33-26(19)21)32-22-8-9-23(25(29)24(22)28)35-12-10-34(11-13-35)14-15-36/h2-9,16-17,30,36H,10-15H2,1H3,(H,31,32,33). The molecule has 1 aliphatic heterocycles. The lowest BCUT2D eigenvalue weighted by Gasteiger charge is -2.36. The Morgan fingerprint density at radius 2 is 1.78 bits per heavy atom. The predicted molar refractivity (Wildman–Crippen MR) is 140 cm³/mol. The van der Waals surface area contributed by atoms with E-state index in [0.29, 0.717) is 38.2 Å². The van der Waals surface area contributed by atoms with Gasteiger partial charge in [-0.2, -0.15) is 0 Å². The van der Waals surface area contributed by atoms with Crippen LogP contribution in [-0.4, -0.2) is 66.4 Å². The highest BCUT2D eigenvalue weighted by Gasteiger charge is 2.22. The Balaban J connectivity index is 1.41. The van der Waals surface area contributed by atoms with Gasteiger partial charge in [0.2, 0.25) is 5.95 Å². The molecule has 1 aromatic heterocycles.